The first kappa shape index (κ1) is 15.4. The molecule has 2 atom stereocenters. The molecule has 2 N–H and O–H groups in total. The van der Waals surface area contributed by atoms with Crippen molar-refractivity contribution in [1.29, 1.82) is 0 Å². The Morgan fingerprint density at radius 2 is 2.20 bits per heavy atom. The number of hydrogen-bond acceptors (Lipinski definition) is 4. The smallest absolute Gasteiger partial charge is 0.0898 e. The average Bonchev–Trinajstić information content (AvgIpc) is 2.52. The van der Waals surface area contributed by atoms with Gasteiger partial charge in [-0.05, 0) is 31.4 Å². The van der Waals surface area contributed by atoms with Gasteiger partial charge in [0.1, 0.15) is 0 Å². The quantitative estimate of drug-likeness (QED) is 0.804. The van der Waals surface area contributed by atoms with Crippen molar-refractivity contribution in [1.82, 2.24) is 10.3 Å². The summed E-state index contributed by atoms with van der Waals surface area (Å²) in [7, 11) is 0. The molecule has 2 unspecified atom stereocenters. The van der Waals surface area contributed by atoms with E-state index in [9.17, 15) is 5.11 Å². The van der Waals surface area contributed by atoms with Gasteiger partial charge in [0, 0.05) is 25.0 Å². The number of aromatic nitrogens is 1. The molecule has 0 radical (unpaired) electrons. The molecule has 0 spiro atoms. The van der Waals surface area contributed by atoms with Gasteiger partial charge in [-0.15, -0.1) is 0 Å². The summed E-state index contributed by atoms with van der Waals surface area (Å²) in [6.45, 7) is 3.05. The van der Waals surface area contributed by atoms with Gasteiger partial charge in [0.15, 0.2) is 0 Å². The zero-order valence-corrected chi connectivity index (χ0v) is 12.3. The number of nitrogens with zero attached hydrogens (tertiary/aromatic N) is 1. The number of nitrogens with one attached hydrogen (secondary N) is 1. The summed E-state index contributed by atoms with van der Waals surface area (Å²) < 4.78 is 5.78. The summed E-state index contributed by atoms with van der Waals surface area (Å²) in [5.74, 6) is 0. The van der Waals surface area contributed by atoms with Gasteiger partial charge in [0.2, 0.25) is 0 Å². The first-order valence-corrected chi connectivity index (χ1v) is 7.68. The third-order valence-electron chi connectivity index (χ3n) is 3.92. The molecule has 0 amide bonds. The second-order valence-electron chi connectivity index (χ2n) is 5.66. The Bertz CT molecular complexity index is 366. The van der Waals surface area contributed by atoms with Crippen LogP contribution in [0.2, 0.25) is 0 Å². The van der Waals surface area contributed by atoms with Crippen LogP contribution in [0.25, 0.3) is 0 Å². The molecule has 0 aliphatic heterocycles. The molecular formula is C16H26N2O2. The van der Waals surface area contributed by atoms with Crippen LogP contribution in [0, 0.1) is 0 Å². The summed E-state index contributed by atoms with van der Waals surface area (Å²) in [6.07, 6.45) is 9.66. The van der Waals surface area contributed by atoms with Gasteiger partial charge in [0.05, 0.1) is 18.8 Å². The molecule has 0 saturated heterocycles. The second kappa shape index (κ2) is 8.35. The molecule has 20 heavy (non-hydrogen) atoms. The van der Waals surface area contributed by atoms with E-state index in [0.717, 1.165) is 18.4 Å². The van der Waals surface area contributed by atoms with E-state index in [4.69, 9.17) is 4.74 Å². The number of aliphatic hydroxyl groups is 1. The van der Waals surface area contributed by atoms with Gasteiger partial charge in [0.25, 0.3) is 0 Å². The molecule has 0 bridgehead atoms. The maximum Gasteiger partial charge on any atom is 0.0898 e. The molecule has 0 aromatic carbocycles. The third-order valence-corrected chi connectivity index (χ3v) is 3.92. The summed E-state index contributed by atoms with van der Waals surface area (Å²) in [5.41, 5.74) is 1.13. The van der Waals surface area contributed by atoms with Crippen molar-refractivity contribution in [3.63, 3.8) is 0 Å². The molecule has 1 saturated carbocycles. The first-order valence-electron chi connectivity index (χ1n) is 7.68. The van der Waals surface area contributed by atoms with Crippen LogP contribution in [0.1, 0.15) is 50.6 Å². The summed E-state index contributed by atoms with van der Waals surface area (Å²) in [6, 6.07) is 4.15. The van der Waals surface area contributed by atoms with Gasteiger partial charge in [-0.25, -0.2) is 0 Å². The van der Waals surface area contributed by atoms with Gasteiger partial charge in [-0.1, -0.05) is 25.3 Å². The maximum atomic E-state index is 9.97. The molecule has 1 aromatic rings. The Morgan fingerprint density at radius 1 is 1.40 bits per heavy atom. The number of hydrogen-bond donors (Lipinski definition) is 2. The topological polar surface area (TPSA) is 54.4 Å². The minimum Gasteiger partial charge on any atom is -0.389 e. The van der Waals surface area contributed by atoms with E-state index in [1.807, 2.05) is 18.3 Å². The average molecular weight is 278 g/mol. The molecule has 1 aliphatic rings. The van der Waals surface area contributed by atoms with E-state index in [2.05, 4.69) is 17.2 Å². The van der Waals surface area contributed by atoms with Crippen LogP contribution < -0.4 is 5.32 Å². The molecule has 1 fully saturated rings. The van der Waals surface area contributed by atoms with Crippen LogP contribution in [0.3, 0.4) is 0 Å². The molecule has 1 aromatic heterocycles. The monoisotopic (exact) mass is 278 g/mol. The maximum absolute atomic E-state index is 9.97. The predicted molar refractivity (Wildman–Crippen MR) is 79.5 cm³/mol. The van der Waals surface area contributed by atoms with Crippen LogP contribution in [-0.2, 0) is 4.74 Å². The fourth-order valence-electron chi connectivity index (χ4n) is 2.60. The van der Waals surface area contributed by atoms with Gasteiger partial charge < -0.3 is 15.2 Å². The van der Waals surface area contributed by atoms with E-state index in [1.54, 1.807) is 6.20 Å². The van der Waals surface area contributed by atoms with Crippen molar-refractivity contribution >= 4 is 0 Å². The minimum atomic E-state index is -0.448. The molecule has 4 nitrogen and oxygen atoms in total. The van der Waals surface area contributed by atoms with Crippen molar-refractivity contribution in [2.24, 2.45) is 0 Å². The summed E-state index contributed by atoms with van der Waals surface area (Å²) >= 11 is 0. The fraction of sp³-hybridized carbons (Fsp3) is 0.688. The third kappa shape index (κ3) is 5.19. The molecule has 1 aliphatic carbocycles. The number of aliphatic hydroxyl groups excluding tert-OH is 1. The Kier molecular flexibility index (Phi) is 6.43. The van der Waals surface area contributed by atoms with Gasteiger partial charge in [-0.2, -0.15) is 0 Å². The summed E-state index contributed by atoms with van der Waals surface area (Å²) in [4.78, 5) is 4.10. The predicted octanol–water partition coefficient (Wildman–Crippen LogP) is 2.44. The van der Waals surface area contributed by atoms with Crippen molar-refractivity contribution in [2.75, 3.05) is 13.2 Å². The molecule has 1 heterocycles. The standard InChI is InChI=1S/C16H26N2O2/c1-13(14-6-5-9-17-10-14)18-11-15(19)12-20-16-7-3-2-4-8-16/h5-6,9-10,13,15-16,18-19H,2-4,7-8,11-12H2,1H3. The van der Waals surface area contributed by atoms with Crippen LogP contribution in [0.4, 0.5) is 0 Å². The van der Waals surface area contributed by atoms with E-state index in [0.29, 0.717) is 19.3 Å². The number of rotatable bonds is 7. The first-order chi connectivity index (χ1) is 9.75. The van der Waals surface area contributed by atoms with Crippen LogP contribution in [-0.4, -0.2) is 35.5 Å². The van der Waals surface area contributed by atoms with E-state index in [1.165, 1.54) is 19.3 Å². The van der Waals surface area contributed by atoms with Crippen molar-refractivity contribution in [3.05, 3.63) is 30.1 Å². The zero-order chi connectivity index (χ0) is 14.2. The Morgan fingerprint density at radius 3 is 2.90 bits per heavy atom. The zero-order valence-electron chi connectivity index (χ0n) is 12.3. The van der Waals surface area contributed by atoms with Crippen molar-refractivity contribution in [2.45, 2.75) is 57.3 Å². The highest BCUT2D eigenvalue weighted by Crippen LogP contribution is 2.20. The number of ether oxygens (including phenoxy) is 1. The highest BCUT2D eigenvalue weighted by Gasteiger charge is 2.16. The molecular weight excluding hydrogens is 252 g/mol. The van der Waals surface area contributed by atoms with E-state index in [-0.39, 0.29) is 6.04 Å². The molecule has 2 rings (SSSR count). The lowest BCUT2D eigenvalue weighted by Gasteiger charge is -2.24. The lowest BCUT2D eigenvalue weighted by Crippen LogP contribution is -2.33. The largest absolute Gasteiger partial charge is 0.389 e. The minimum absolute atomic E-state index is 0.188. The normalized spacial score (nSPS) is 19.7. The van der Waals surface area contributed by atoms with Crippen LogP contribution in [0.5, 0.6) is 0 Å². The van der Waals surface area contributed by atoms with E-state index >= 15 is 0 Å². The Balaban J connectivity index is 1.63. The number of pyridine rings is 1. The Labute approximate surface area is 121 Å². The van der Waals surface area contributed by atoms with E-state index < -0.39 is 6.10 Å². The molecule has 4 heteroatoms. The fourth-order valence-corrected chi connectivity index (χ4v) is 2.60. The van der Waals surface area contributed by atoms with Crippen LogP contribution in [0.15, 0.2) is 24.5 Å². The lowest BCUT2D eigenvalue weighted by molar-refractivity contribution is -0.0235. The van der Waals surface area contributed by atoms with Crippen molar-refractivity contribution < 1.29 is 9.84 Å². The van der Waals surface area contributed by atoms with Crippen molar-refractivity contribution in [3.8, 4) is 0 Å². The van der Waals surface area contributed by atoms with Crippen LogP contribution >= 0.6 is 0 Å². The SMILES string of the molecule is CC(NCC(O)COC1CCCCC1)c1cccnc1. The van der Waals surface area contributed by atoms with Gasteiger partial charge in [-0.3, -0.25) is 4.98 Å². The second-order valence-corrected chi connectivity index (χ2v) is 5.66. The molecule has 112 valence electrons. The highest BCUT2D eigenvalue weighted by atomic mass is 16.5. The lowest BCUT2D eigenvalue weighted by atomic mass is 9.98. The Hall–Kier alpha value is -0.970. The van der Waals surface area contributed by atoms with Gasteiger partial charge >= 0.3 is 0 Å². The highest BCUT2D eigenvalue weighted by molar-refractivity contribution is 5.12. The summed E-state index contributed by atoms with van der Waals surface area (Å²) in [5, 5.41) is 13.3.